The Labute approximate surface area is 149 Å². The molecular weight excluding hydrogens is 322 g/mol. The number of nitrogens with one attached hydrogen (secondary N) is 1. The van der Waals surface area contributed by atoms with Crippen LogP contribution in [-0.4, -0.2) is 64.0 Å². The second-order valence-electron chi connectivity index (χ2n) is 7.28. The molecule has 0 bridgehead atoms. The van der Waals surface area contributed by atoms with Gasteiger partial charge in [-0.3, -0.25) is 14.4 Å². The van der Waals surface area contributed by atoms with Crippen molar-refractivity contribution < 1.29 is 19.2 Å². The molecule has 0 radical (unpaired) electrons. The number of aldehydes is 1. The van der Waals surface area contributed by atoms with Crippen molar-refractivity contribution in [1.29, 1.82) is 0 Å². The van der Waals surface area contributed by atoms with Crippen LogP contribution in [0.3, 0.4) is 0 Å². The van der Waals surface area contributed by atoms with Crippen LogP contribution >= 0.6 is 0 Å². The van der Waals surface area contributed by atoms with E-state index in [4.69, 9.17) is 0 Å². The van der Waals surface area contributed by atoms with Crippen LogP contribution in [0.5, 0.6) is 0 Å². The Hall–Kier alpha value is -1.92. The van der Waals surface area contributed by atoms with Crippen molar-refractivity contribution in [2.75, 3.05) is 0 Å². The van der Waals surface area contributed by atoms with Crippen LogP contribution in [0.2, 0.25) is 0 Å². The van der Waals surface area contributed by atoms with Crippen LogP contribution in [0.15, 0.2) is 0 Å². The Morgan fingerprint density at radius 1 is 1.24 bits per heavy atom. The van der Waals surface area contributed by atoms with Gasteiger partial charge in [0, 0.05) is 19.0 Å². The third kappa shape index (κ3) is 3.85. The summed E-state index contributed by atoms with van der Waals surface area (Å²) in [5.41, 5.74) is 0. The van der Waals surface area contributed by atoms with E-state index in [2.05, 4.69) is 5.32 Å². The lowest BCUT2D eigenvalue weighted by Crippen LogP contribution is -2.50. The van der Waals surface area contributed by atoms with E-state index in [1.165, 1.54) is 6.92 Å². The van der Waals surface area contributed by atoms with E-state index in [1.807, 2.05) is 20.8 Å². The molecule has 0 spiro atoms. The Morgan fingerprint density at radius 2 is 1.92 bits per heavy atom. The quantitative estimate of drug-likeness (QED) is 0.689. The van der Waals surface area contributed by atoms with Gasteiger partial charge in [0.15, 0.2) is 0 Å². The van der Waals surface area contributed by atoms with Gasteiger partial charge >= 0.3 is 0 Å². The van der Waals surface area contributed by atoms with Crippen LogP contribution in [0.1, 0.15) is 59.8 Å². The lowest BCUT2D eigenvalue weighted by Gasteiger charge is -2.30. The molecule has 2 unspecified atom stereocenters. The highest BCUT2D eigenvalue weighted by Crippen LogP contribution is 2.32. The SMILES string of the molecule is CCCC[C@H](C=O)N1C(=O)[C@H](N2C(=O)[C@H](NC(C)=O)CC2C)CC1C. The number of unbranched alkanes of at least 4 members (excludes halogenated alkanes) is 1. The van der Waals surface area contributed by atoms with Gasteiger partial charge in [0.1, 0.15) is 18.4 Å². The van der Waals surface area contributed by atoms with E-state index >= 15 is 0 Å². The van der Waals surface area contributed by atoms with Gasteiger partial charge in [-0.05, 0) is 33.1 Å². The van der Waals surface area contributed by atoms with Crippen LogP contribution in [0.25, 0.3) is 0 Å². The number of amides is 3. The molecular formula is C18H29N3O4. The number of carbonyl (C=O) groups excluding carboxylic acids is 4. The van der Waals surface area contributed by atoms with Gasteiger partial charge in [-0.1, -0.05) is 19.8 Å². The fourth-order valence-corrected chi connectivity index (χ4v) is 4.12. The summed E-state index contributed by atoms with van der Waals surface area (Å²) in [6.07, 6.45) is 4.38. The third-order valence-corrected chi connectivity index (χ3v) is 5.26. The lowest BCUT2D eigenvalue weighted by atomic mass is 10.1. The summed E-state index contributed by atoms with van der Waals surface area (Å²) < 4.78 is 0. The van der Waals surface area contributed by atoms with Crippen LogP contribution in [0, 0.1) is 0 Å². The van der Waals surface area contributed by atoms with Gasteiger partial charge in [0.2, 0.25) is 17.7 Å². The molecule has 5 atom stereocenters. The highest BCUT2D eigenvalue weighted by atomic mass is 16.2. The smallest absolute Gasteiger partial charge is 0.246 e. The minimum absolute atomic E-state index is 0.0793. The van der Waals surface area contributed by atoms with Gasteiger partial charge in [0.05, 0.1) is 6.04 Å². The van der Waals surface area contributed by atoms with Crippen molar-refractivity contribution in [3.05, 3.63) is 0 Å². The standard InChI is InChI=1S/C18H29N3O4/c1-5-6-7-14(10-22)20-12(3)9-16(18(20)25)21-11(2)8-15(17(21)24)19-13(4)23/h10-12,14-16H,5-9H2,1-4H3,(H,19,23)/t11?,12?,14-,15-,16-/m1/s1. The minimum Gasteiger partial charge on any atom is -0.344 e. The van der Waals surface area contributed by atoms with E-state index in [9.17, 15) is 19.2 Å². The van der Waals surface area contributed by atoms with E-state index < -0.39 is 18.1 Å². The molecule has 7 nitrogen and oxygen atoms in total. The van der Waals surface area contributed by atoms with Crippen LogP contribution < -0.4 is 5.32 Å². The molecule has 2 rings (SSSR count). The molecule has 140 valence electrons. The second kappa shape index (κ2) is 7.97. The average molecular weight is 351 g/mol. The number of likely N-dealkylation sites (tertiary alicyclic amines) is 2. The molecule has 2 heterocycles. The molecule has 3 amide bonds. The summed E-state index contributed by atoms with van der Waals surface area (Å²) in [5.74, 6) is -0.601. The monoisotopic (exact) mass is 351 g/mol. The molecule has 2 aliphatic rings. The topological polar surface area (TPSA) is 86.8 Å². The Kier molecular flexibility index (Phi) is 6.19. The first-order valence-corrected chi connectivity index (χ1v) is 9.18. The number of hydrogen-bond acceptors (Lipinski definition) is 4. The van der Waals surface area contributed by atoms with E-state index in [-0.39, 0.29) is 29.8 Å². The number of carbonyl (C=O) groups is 4. The maximum absolute atomic E-state index is 13.0. The zero-order chi connectivity index (χ0) is 18.7. The summed E-state index contributed by atoms with van der Waals surface area (Å²) in [6, 6.07) is -1.72. The molecule has 2 aliphatic heterocycles. The highest BCUT2D eigenvalue weighted by Gasteiger charge is 2.50. The van der Waals surface area contributed by atoms with Gasteiger partial charge in [0.25, 0.3) is 0 Å². The Balaban J connectivity index is 2.15. The molecule has 1 N–H and O–H groups in total. The lowest BCUT2D eigenvalue weighted by molar-refractivity contribution is -0.144. The Bertz CT molecular complexity index is 550. The molecule has 0 aromatic rings. The number of hydrogen-bond donors (Lipinski definition) is 1. The summed E-state index contributed by atoms with van der Waals surface area (Å²) in [5, 5.41) is 2.66. The molecule has 0 aromatic carbocycles. The van der Waals surface area contributed by atoms with E-state index in [0.29, 0.717) is 19.3 Å². The fraction of sp³-hybridized carbons (Fsp3) is 0.778. The van der Waals surface area contributed by atoms with E-state index in [1.54, 1.807) is 9.80 Å². The van der Waals surface area contributed by atoms with E-state index in [0.717, 1.165) is 19.1 Å². The van der Waals surface area contributed by atoms with Crippen LogP contribution in [-0.2, 0) is 19.2 Å². The first-order chi connectivity index (χ1) is 11.8. The third-order valence-electron chi connectivity index (χ3n) is 5.26. The first kappa shape index (κ1) is 19.4. The molecule has 2 saturated heterocycles. The average Bonchev–Trinajstić information content (AvgIpc) is 2.97. The molecule has 0 aliphatic carbocycles. The summed E-state index contributed by atoms with van der Waals surface area (Å²) in [7, 11) is 0. The van der Waals surface area contributed by atoms with Gasteiger partial charge in [-0.25, -0.2) is 0 Å². The summed E-state index contributed by atoms with van der Waals surface area (Å²) >= 11 is 0. The van der Waals surface area contributed by atoms with Crippen molar-refractivity contribution in [1.82, 2.24) is 15.1 Å². The van der Waals surface area contributed by atoms with Gasteiger partial charge < -0.3 is 19.9 Å². The predicted molar refractivity (Wildman–Crippen MR) is 92.6 cm³/mol. The number of nitrogens with zero attached hydrogens (tertiary/aromatic N) is 2. The largest absolute Gasteiger partial charge is 0.344 e. The zero-order valence-electron chi connectivity index (χ0n) is 15.5. The van der Waals surface area contributed by atoms with Crippen molar-refractivity contribution >= 4 is 24.0 Å². The molecule has 0 saturated carbocycles. The van der Waals surface area contributed by atoms with Gasteiger partial charge in [-0.15, -0.1) is 0 Å². The normalized spacial score (nSPS) is 30.7. The molecule has 0 aromatic heterocycles. The molecule has 25 heavy (non-hydrogen) atoms. The van der Waals surface area contributed by atoms with Crippen molar-refractivity contribution in [3.63, 3.8) is 0 Å². The second-order valence-corrected chi connectivity index (χ2v) is 7.28. The van der Waals surface area contributed by atoms with Crippen molar-refractivity contribution in [2.24, 2.45) is 0 Å². The predicted octanol–water partition coefficient (Wildman–Crippen LogP) is 0.859. The summed E-state index contributed by atoms with van der Waals surface area (Å²) in [4.78, 5) is 51.7. The van der Waals surface area contributed by atoms with Crippen molar-refractivity contribution in [3.8, 4) is 0 Å². The summed E-state index contributed by atoms with van der Waals surface area (Å²) in [6.45, 7) is 7.26. The fourth-order valence-electron chi connectivity index (χ4n) is 4.12. The highest BCUT2D eigenvalue weighted by molar-refractivity contribution is 5.95. The molecule has 7 heteroatoms. The number of rotatable bonds is 7. The van der Waals surface area contributed by atoms with Gasteiger partial charge in [-0.2, -0.15) is 0 Å². The maximum atomic E-state index is 13.0. The zero-order valence-corrected chi connectivity index (χ0v) is 15.5. The first-order valence-electron chi connectivity index (χ1n) is 9.18. The maximum Gasteiger partial charge on any atom is 0.246 e. The van der Waals surface area contributed by atoms with Crippen molar-refractivity contribution in [2.45, 2.75) is 90.0 Å². The minimum atomic E-state index is -0.563. The van der Waals surface area contributed by atoms with Crippen LogP contribution in [0.4, 0.5) is 0 Å². The Morgan fingerprint density at radius 3 is 2.48 bits per heavy atom. The molecule has 2 fully saturated rings.